The van der Waals surface area contributed by atoms with E-state index >= 15 is 0 Å². The molecule has 1 heterocycles. The number of thiazole rings is 1. The van der Waals surface area contributed by atoms with Gasteiger partial charge in [0.15, 0.2) is 0 Å². The third kappa shape index (κ3) is 7.23. The number of carbonyl (C=O) groups excluding carboxylic acids is 2. The van der Waals surface area contributed by atoms with Crippen molar-refractivity contribution < 1.29 is 19.1 Å². The van der Waals surface area contributed by atoms with E-state index in [-0.39, 0.29) is 23.7 Å². The highest BCUT2D eigenvalue weighted by atomic mass is 32.1. The van der Waals surface area contributed by atoms with E-state index in [0.717, 1.165) is 79.8 Å². The lowest BCUT2D eigenvalue weighted by Gasteiger charge is -2.36. The second-order valence-electron chi connectivity index (χ2n) is 12.4. The van der Waals surface area contributed by atoms with Crippen molar-refractivity contribution in [2.24, 2.45) is 17.8 Å². The third-order valence-electron chi connectivity index (χ3n) is 9.41. The maximum atomic E-state index is 14.3. The van der Waals surface area contributed by atoms with Gasteiger partial charge in [-0.1, -0.05) is 35.6 Å². The smallest absolute Gasteiger partial charge is 0.273 e. The van der Waals surface area contributed by atoms with Gasteiger partial charge in [-0.05, 0) is 105 Å². The topological polar surface area (TPSA) is 72.0 Å². The van der Waals surface area contributed by atoms with Crippen LogP contribution in [0.2, 0.25) is 0 Å². The number of hydrogen-bond donors (Lipinski definition) is 0. The summed E-state index contributed by atoms with van der Waals surface area (Å²) < 4.78 is 10.8. The fourth-order valence-electron chi connectivity index (χ4n) is 6.90. The number of nitrogens with zero attached hydrogens (tertiary/aromatic N) is 3. The van der Waals surface area contributed by atoms with Crippen LogP contribution in [-0.2, 0) is 9.59 Å². The van der Waals surface area contributed by atoms with Crippen LogP contribution in [-0.4, -0.2) is 56.6 Å². The molecule has 8 heteroatoms. The van der Waals surface area contributed by atoms with E-state index in [9.17, 15) is 9.59 Å². The molecule has 0 bridgehead atoms. The van der Waals surface area contributed by atoms with Gasteiger partial charge in [0, 0.05) is 44.4 Å². The minimum absolute atomic E-state index is 0.0222. The molecule has 0 unspecified atom stereocenters. The Kier molecular flexibility index (Phi) is 10.1. The van der Waals surface area contributed by atoms with Gasteiger partial charge in [-0.15, -0.1) is 0 Å². The van der Waals surface area contributed by atoms with Crippen molar-refractivity contribution >= 4 is 28.8 Å². The molecule has 2 aromatic carbocycles. The number of aromatic nitrogens is 1. The summed E-state index contributed by atoms with van der Waals surface area (Å²) in [6.07, 6.45) is 9.32. The van der Waals surface area contributed by atoms with Gasteiger partial charge in [-0.2, -0.15) is 0 Å². The van der Waals surface area contributed by atoms with Crippen LogP contribution in [0.15, 0.2) is 48.7 Å². The standard InChI is InChI=1S/C35H45N3O4S/c1-23-19-28(17-18-31(23)41-4)25-11-9-24(10-12-25)22-38(34(40)27-15-13-26(14-16-27)33(39)37(2)3)30-8-6-7-29(20-30)32-21-36-35(42-5)43-32/h6-8,17-21,24-27H,9-16,22H2,1-5H3. The molecular formula is C35H45N3O4S. The summed E-state index contributed by atoms with van der Waals surface area (Å²) >= 11 is 1.50. The number of methoxy groups -OCH3 is 2. The van der Waals surface area contributed by atoms with Crippen LogP contribution in [0.25, 0.3) is 10.4 Å². The number of hydrogen-bond acceptors (Lipinski definition) is 6. The van der Waals surface area contributed by atoms with Gasteiger partial charge >= 0.3 is 0 Å². The average Bonchev–Trinajstić information content (AvgIpc) is 3.53. The first kappa shape index (κ1) is 31.0. The Morgan fingerprint density at radius 1 is 0.884 bits per heavy atom. The fourth-order valence-corrected chi connectivity index (χ4v) is 7.63. The van der Waals surface area contributed by atoms with E-state index in [0.29, 0.717) is 17.0 Å². The molecule has 0 spiro atoms. The van der Waals surface area contributed by atoms with Crippen LogP contribution >= 0.6 is 11.3 Å². The van der Waals surface area contributed by atoms with Gasteiger partial charge in [0.25, 0.3) is 5.19 Å². The molecule has 3 aromatic rings. The first-order valence-electron chi connectivity index (χ1n) is 15.5. The molecule has 2 saturated carbocycles. The van der Waals surface area contributed by atoms with E-state index in [4.69, 9.17) is 9.47 Å². The van der Waals surface area contributed by atoms with Gasteiger partial charge < -0.3 is 19.3 Å². The molecule has 230 valence electrons. The fraction of sp³-hybridized carbons (Fsp3) is 0.514. The molecule has 43 heavy (non-hydrogen) atoms. The van der Waals surface area contributed by atoms with E-state index < -0.39 is 0 Å². The SMILES string of the molecule is COc1ncc(-c2cccc(N(CC3CCC(c4ccc(OC)c(C)c4)CC3)C(=O)C3CCC(C(=O)N(C)C)CC3)c2)s1. The van der Waals surface area contributed by atoms with Crippen molar-refractivity contribution in [3.63, 3.8) is 0 Å². The lowest BCUT2D eigenvalue weighted by Crippen LogP contribution is -2.42. The minimum atomic E-state index is -0.0584. The average molecular weight is 604 g/mol. The van der Waals surface area contributed by atoms with Crippen LogP contribution in [0.3, 0.4) is 0 Å². The summed E-state index contributed by atoms with van der Waals surface area (Å²) in [7, 11) is 6.99. The second-order valence-corrected chi connectivity index (χ2v) is 13.4. The Balaban J connectivity index is 1.32. The number of benzene rings is 2. The zero-order chi connectivity index (χ0) is 30.5. The highest BCUT2D eigenvalue weighted by Crippen LogP contribution is 2.40. The predicted molar refractivity (Wildman–Crippen MR) is 173 cm³/mol. The molecule has 7 nitrogen and oxygen atoms in total. The summed E-state index contributed by atoms with van der Waals surface area (Å²) in [5.74, 6) is 2.26. The van der Waals surface area contributed by atoms with Crippen LogP contribution in [0.5, 0.6) is 10.9 Å². The maximum Gasteiger partial charge on any atom is 0.273 e. The van der Waals surface area contributed by atoms with Crippen molar-refractivity contribution in [1.29, 1.82) is 0 Å². The lowest BCUT2D eigenvalue weighted by atomic mass is 9.77. The van der Waals surface area contributed by atoms with E-state index in [1.807, 2.05) is 26.4 Å². The van der Waals surface area contributed by atoms with Crippen molar-refractivity contribution in [2.45, 2.75) is 64.2 Å². The first-order valence-corrected chi connectivity index (χ1v) is 16.4. The molecule has 0 N–H and O–H groups in total. The second kappa shape index (κ2) is 13.9. The van der Waals surface area contributed by atoms with Gasteiger partial charge in [0.05, 0.1) is 19.1 Å². The summed E-state index contributed by atoms with van der Waals surface area (Å²) in [5.41, 5.74) is 4.55. The summed E-state index contributed by atoms with van der Waals surface area (Å²) in [5, 5.41) is 0.626. The van der Waals surface area contributed by atoms with Crippen LogP contribution in [0.1, 0.15) is 68.4 Å². The van der Waals surface area contributed by atoms with Gasteiger partial charge in [0.2, 0.25) is 11.8 Å². The van der Waals surface area contributed by atoms with Crippen molar-refractivity contribution in [1.82, 2.24) is 9.88 Å². The largest absolute Gasteiger partial charge is 0.496 e. The quantitative estimate of drug-likeness (QED) is 0.256. The number of rotatable bonds is 9. The molecule has 5 rings (SSSR count). The number of amides is 2. The van der Waals surface area contributed by atoms with Crippen molar-refractivity contribution in [3.05, 3.63) is 59.8 Å². The highest BCUT2D eigenvalue weighted by molar-refractivity contribution is 7.16. The Morgan fingerprint density at radius 2 is 1.58 bits per heavy atom. The van der Waals surface area contributed by atoms with Gasteiger partial charge in [-0.25, -0.2) is 4.98 Å². The normalized spacial score (nSPS) is 22.1. The Bertz CT molecular complexity index is 1400. The summed E-state index contributed by atoms with van der Waals surface area (Å²) in [6, 6.07) is 14.9. The molecule has 2 aliphatic carbocycles. The monoisotopic (exact) mass is 603 g/mol. The molecule has 2 amide bonds. The minimum Gasteiger partial charge on any atom is -0.496 e. The van der Waals surface area contributed by atoms with Crippen LogP contribution in [0.4, 0.5) is 5.69 Å². The van der Waals surface area contributed by atoms with E-state index in [2.05, 4.69) is 53.2 Å². The molecule has 2 fully saturated rings. The first-order chi connectivity index (χ1) is 20.8. The predicted octanol–water partition coefficient (Wildman–Crippen LogP) is 7.34. The van der Waals surface area contributed by atoms with Crippen LogP contribution in [0, 0.1) is 24.7 Å². The molecule has 0 saturated heterocycles. The van der Waals surface area contributed by atoms with E-state index in [1.54, 1.807) is 19.1 Å². The highest BCUT2D eigenvalue weighted by Gasteiger charge is 2.35. The molecule has 1 aromatic heterocycles. The van der Waals surface area contributed by atoms with Crippen LogP contribution < -0.4 is 14.4 Å². The molecular weight excluding hydrogens is 558 g/mol. The maximum absolute atomic E-state index is 14.3. The lowest BCUT2D eigenvalue weighted by molar-refractivity contribution is -0.135. The zero-order valence-corrected chi connectivity index (χ0v) is 27.0. The molecule has 0 atom stereocenters. The van der Waals surface area contributed by atoms with Gasteiger partial charge in [-0.3, -0.25) is 9.59 Å². The van der Waals surface area contributed by atoms with Crippen molar-refractivity contribution in [2.75, 3.05) is 39.8 Å². The number of ether oxygens (including phenoxy) is 2. The van der Waals surface area contributed by atoms with E-state index in [1.165, 1.54) is 22.5 Å². The molecule has 0 aliphatic heterocycles. The van der Waals surface area contributed by atoms with Crippen molar-refractivity contribution in [3.8, 4) is 21.4 Å². The summed E-state index contributed by atoms with van der Waals surface area (Å²) in [6.45, 7) is 2.83. The number of anilines is 1. The summed E-state index contributed by atoms with van der Waals surface area (Å²) in [4.78, 5) is 35.9. The Morgan fingerprint density at radius 3 is 2.19 bits per heavy atom. The molecule has 2 aliphatic rings. The zero-order valence-electron chi connectivity index (χ0n) is 26.2. The number of aryl methyl sites for hydroxylation is 1. The Hall–Kier alpha value is -3.39. The van der Waals surface area contributed by atoms with Gasteiger partial charge in [0.1, 0.15) is 5.75 Å². The number of carbonyl (C=O) groups is 2. The molecule has 0 radical (unpaired) electrons. The third-order valence-corrected chi connectivity index (χ3v) is 10.4. The Labute approximate surface area is 260 Å².